The Labute approximate surface area is 215 Å². The highest BCUT2D eigenvalue weighted by Crippen LogP contribution is 2.23. The van der Waals surface area contributed by atoms with E-state index in [1.54, 1.807) is 47.8 Å². The van der Waals surface area contributed by atoms with Crippen LogP contribution in [0, 0.1) is 0 Å². The van der Waals surface area contributed by atoms with E-state index < -0.39 is 19.8 Å². The van der Waals surface area contributed by atoms with Gasteiger partial charge >= 0.3 is 0 Å². The molecule has 1 aliphatic heterocycles. The second-order valence-electron chi connectivity index (χ2n) is 8.98. The molecule has 0 radical (unpaired) electrons. The summed E-state index contributed by atoms with van der Waals surface area (Å²) in [6.07, 6.45) is 7.70. The molecule has 1 saturated heterocycles. The van der Waals surface area contributed by atoms with Crippen LogP contribution in [0.5, 0.6) is 0 Å². The zero-order valence-corrected chi connectivity index (χ0v) is 22.3. The standard InChI is InChI=1S/C23H27N9O3S2/c1-36(2,33)29-20-5-4-6-21(27-20)32-22-17(16-25-32)15-24-23(28-22)26-18-7-9-19(10-8-18)30-11-13-31(14-12-30)37(3,34)35/h4-10,15-16H,11-14H2,1-3H3,(H,24,26,28). The SMILES string of the molecule is CS(=O)(=O)N1CCN(c2ccc(Nc3ncc4cnn(-c5cccc(N=S(C)(C)=O)n5)c4n3)cc2)CC1. The Kier molecular flexibility index (Phi) is 6.56. The highest BCUT2D eigenvalue weighted by molar-refractivity contribution is 7.92. The van der Waals surface area contributed by atoms with E-state index in [9.17, 15) is 12.6 Å². The van der Waals surface area contributed by atoms with Gasteiger partial charge in [0.1, 0.15) is 0 Å². The molecule has 194 valence electrons. The van der Waals surface area contributed by atoms with Crippen LogP contribution in [0.15, 0.2) is 59.2 Å². The summed E-state index contributed by atoms with van der Waals surface area (Å²) in [5.74, 6) is 1.26. The average Bonchev–Trinajstić information content (AvgIpc) is 3.27. The van der Waals surface area contributed by atoms with Crippen molar-refractivity contribution >= 4 is 53.9 Å². The summed E-state index contributed by atoms with van der Waals surface area (Å²) in [7, 11) is -5.51. The van der Waals surface area contributed by atoms with E-state index in [1.807, 2.05) is 24.3 Å². The van der Waals surface area contributed by atoms with Gasteiger partial charge < -0.3 is 10.2 Å². The third-order valence-corrected chi connectivity index (χ3v) is 7.69. The lowest BCUT2D eigenvalue weighted by Gasteiger charge is -2.34. The fourth-order valence-electron chi connectivity index (χ4n) is 4.01. The molecule has 0 unspecified atom stereocenters. The van der Waals surface area contributed by atoms with Crippen molar-refractivity contribution in [1.29, 1.82) is 0 Å². The minimum atomic E-state index is -3.16. The number of anilines is 3. The number of benzene rings is 1. The molecule has 0 saturated carbocycles. The van der Waals surface area contributed by atoms with Crippen LogP contribution in [-0.2, 0) is 19.8 Å². The van der Waals surface area contributed by atoms with Gasteiger partial charge in [0.05, 0.1) is 17.8 Å². The second kappa shape index (κ2) is 9.68. The van der Waals surface area contributed by atoms with Crippen molar-refractivity contribution in [3.8, 4) is 5.82 Å². The molecule has 0 aliphatic carbocycles. The third kappa shape index (κ3) is 5.87. The summed E-state index contributed by atoms with van der Waals surface area (Å²) in [5, 5.41) is 8.36. The van der Waals surface area contributed by atoms with Crippen LogP contribution in [0.2, 0.25) is 0 Å². The van der Waals surface area contributed by atoms with Crippen LogP contribution in [0.25, 0.3) is 16.9 Å². The second-order valence-corrected chi connectivity index (χ2v) is 13.5. The number of hydrogen-bond acceptors (Lipinski definition) is 10. The summed E-state index contributed by atoms with van der Waals surface area (Å²) in [4.78, 5) is 15.7. The van der Waals surface area contributed by atoms with Crippen LogP contribution >= 0.6 is 0 Å². The summed E-state index contributed by atoms with van der Waals surface area (Å²) in [6, 6.07) is 13.1. The maximum atomic E-state index is 12.1. The summed E-state index contributed by atoms with van der Waals surface area (Å²) < 4.78 is 42.8. The predicted molar refractivity (Wildman–Crippen MR) is 145 cm³/mol. The largest absolute Gasteiger partial charge is 0.369 e. The smallest absolute Gasteiger partial charge is 0.229 e. The van der Waals surface area contributed by atoms with Crippen molar-refractivity contribution in [2.24, 2.45) is 4.36 Å². The first-order valence-electron chi connectivity index (χ1n) is 11.5. The van der Waals surface area contributed by atoms with Crippen LogP contribution in [0.1, 0.15) is 0 Å². The number of sulfonamides is 1. The first-order valence-corrected chi connectivity index (χ1v) is 15.7. The van der Waals surface area contributed by atoms with Crippen molar-refractivity contribution in [2.75, 3.05) is 55.2 Å². The monoisotopic (exact) mass is 541 g/mol. The Morgan fingerprint density at radius 1 is 0.892 bits per heavy atom. The molecule has 4 aromatic rings. The van der Waals surface area contributed by atoms with Gasteiger partial charge in [-0.2, -0.15) is 23.4 Å². The van der Waals surface area contributed by atoms with Crippen molar-refractivity contribution in [2.45, 2.75) is 0 Å². The normalized spacial score (nSPS) is 15.2. The van der Waals surface area contributed by atoms with E-state index in [1.165, 1.54) is 10.6 Å². The lowest BCUT2D eigenvalue weighted by Crippen LogP contribution is -2.48. The van der Waals surface area contributed by atoms with Gasteiger partial charge in [-0.05, 0) is 36.4 Å². The number of aromatic nitrogens is 5. The Balaban J connectivity index is 1.33. The molecular formula is C23H27N9O3S2. The first kappa shape index (κ1) is 25.0. The van der Waals surface area contributed by atoms with Crippen LogP contribution in [0.3, 0.4) is 0 Å². The first-order chi connectivity index (χ1) is 17.5. The quantitative estimate of drug-likeness (QED) is 0.390. The van der Waals surface area contributed by atoms with Crippen LogP contribution in [-0.4, -0.2) is 86.6 Å². The molecule has 0 amide bonds. The molecule has 1 aromatic carbocycles. The summed E-state index contributed by atoms with van der Waals surface area (Å²) in [5.41, 5.74) is 2.40. The molecular weight excluding hydrogens is 514 g/mol. The lowest BCUT2D eigenvalue weighted by molar-refractivity contribution is 0.388. The number of nitrogens with one attached hydrogen (secondary N) is 1. The highest BCUT2D eigenvalue weighted by atomic mass is 32.2. The highest BCUT2D eigenvalue weighted by Gasteiger charge is 2.23. The molecule has 4 heterocycles. The van der Waals surface area contributed by atoms with E-state index in [4.69, 9.17) is 0 Å². The van der Waals surface area contributed by atoms with E-state index in [0.29, 0.717) is 49.4 Å². The van der Waals surface area contributed by atoms with Crippen LogP contribution < -0.4 is 10.2 Å². The maximum Gasteiger partial charge on any atom is 0.229 e. The van der Waals surface area contributed by atoms with Crippen molar-refractivity contribution in [3.63, 3.8) is 0 Å². The van der Waals surface area contributed by atoms with E-state index in [2.05, 4.69) is 34.6 Å². The van der Waals surface area contributed by atoms with Gasteiger partial charge in [-0.1, -0.05) is 6.07 Å². The van der Waals surface area contributed by atoms with Gasteiger partial charge in [0.15, 0.2) is 17.3 Å². The fourth-order valence-corrected chi connectivity index (χ4v) is 5.39. The maximum absolute atomic E-state index is 12.1. The summed E-state index contributed by atoms with van der Waals surface area (Å²) >= 11 is 0. The molecule has 0 bridgehead atoms. The fraction of sp³-hybridized carbons (Fsp3) is 0.304. The van der Waals surface area contributed by atoms with Crippen LogP contribution in [0.4, 0.5) is 23.1 Å². The molecule has 1 N–H and O–H groups in total. The van der Waals surface area contributed by atoms with Gasteiger partial charge in [0.25, 0.3) is 0 Å². The summed E-state index contributed by atoms with van der Waals surface area (Å²) in [6.45, 7) is 2.23. The molecule has 0 atom stereocenters. The Bertz CT molecular complexity index is 1660. The van der Waals surface area contributed by atoms with E-state index >= 15 is 0 Å². The molecule has 0 spiro atoms. The Morgan fingerprint density at radius 2 is 1.62 bits per heavy atom. The van der Waals surface area contributed by atoms with Gasteiger partial charge in [0, 0.05) is 66.0 Å². The molecule has 37 heavy (non-hydrogen) atoms. The molecule has 12 nitrogen and oxygen atoms in total. The van der Waals surface area contributed by atoms with Gasteiger partial charge in [-0.25, -0.2) is 22.6 Å². The molecule has 3 aromatic heterocycles. The molecule has 5 rings (SSSR count). The van der Waals surface area contributed by atoms with Crippen molar-refractivity contribution in [3.05, 3.63) is 54.9 Å². The predicted octanol–water partition coefficient (Wildman–Crippen LogP) is 2.39. The van der Waals surface area contributed by atoms with Gasteiger partial charge in [0.2, 0.25) is 16.0 Å². The van der Waals surface area contributed by atoms with Crippen molar-refractivity contribution in [1.82, 2.24) is 29.0 Å². The van der Waals surface area contributed by atoms with E-state index in [-0.39, 0.29) is 0 Å². The Morgan fingerprint density at radius 3 is 2.30 bits per heavy atom. The van der Waals surface area contributed by atoms with Gasteiger partial charge in [-0.3, -0.25) is 0 Å². The van der Waals surface area contributed by atoms with Crippen molar-refractivity contribution < 1.29 is 12.6 Å². The molecule has 14 heteroatoms. The number of nitrogens with zero attached hydrogens (tertiary/aromatic N) is 8. The number of pyridine rings is 1. The molecule has 1 aliphatic rings. The number of piperazine rings is 1. The minimum absolute atomic E-state index is 0.362. The van der Waals surface area contributed by atoms with Gasteiger partial charge in [-0.15, -0.1) is 0 Å². The number of fused-ring (bicyclic) bond motifs is 1. The third-order valence-electron chi connectivity index (χ3n) is 5.76. The zero-order chi connectivity index (χ0) is 26.2. The number of rotatable bonds is 6. The molecule has 1 fully saturated rings. The minimum Gasteiger partial charge on any atom is -0.369 e. The number of hydrogen-bond donors (Lipinski definition) is 1. The Hall–Kier alpha value is -3.62. The van der Waals surface area contributed by atoms with E-state index in [0.717, 1.165) is 16.8 Å². The average molecular weight is 542 g/mol. The topological polar surface area (TPSA) is 139 Å². The zero-order valence-electron chi connectivity index (χ0n) is 20.6. The lowest BCUT2D eigenvalue weighted by atomic mass is 10.2.